The Morgan fingerprint density at radius 2 is 2.05 bits per heavy atom. The number of rotatable bonds is 3. The molecule has 0 unspecified atom stereocenters. The fraction of sp³-hybridized carbons (Fsp3) is 0.562. The molecule has 0 radical (unpaired) electrons. The Kier molecular flexibility index (Phi) is 4.07. The zero-order valence-corrected chi connectivity index (χ0v) is 12.3. The molecule has 104 valence electrons. The van der Waals surface area contributed by atoms with E-state index in [9.17, 15) is 4.79 Å². The van der Waals surface area contributed by atoms with E-state index < -0.39 is 0 Å². The second kappa shape index (κ2) is 5.43. The third-order valence-corrected chi connectivity index (χ3v) is 3.98. The second-order valence-corrected chi connectivity index (χ2v) is 6.01. The van der Waals surface area contributed by atoms with Crippen LogP contribution in [0.3, 0.4) is 0 Å². The fourth-order valence-electron chi connectivity index (χ4n) is 2.36. The zero-order valence-electron chi connectivity index (χ0n) is 12.3. The van der Waals surface area contributed by atoms with Gasteiger partial charge < -0.3 is 4.74 Å². The van der Waals surface area contributed by atoms with Crippen LogP contribution in [0, 0.1) is 13.8 Å². The average Bonchev–Trinajstić information content (AvgIpc) is 2.35. The summed E-state index contributed by atoms with van der Waals surface area (Å²) < 4.78 is 5.48. The van der Waals surface area contributed by atoms with E-state index in [2.05, 4.69) is 25.7 Å². The van der Waals surface area contributed by atoms with Crippen molar-refractivity contribution in [3.8, 4) is 0 Å². The Hall–Kier alpha value is -1.19. The van der Waals surface area contributed by atoms with Crippen molar-refractivity contribution in [2.45, 2.75) is 33.2 Å². The highest BCUT2D eigenvalue weighted by Crippen LogP contribution is 2.20. The van der Waals surface area contributed by atoms with E-state index in [0.29, 0.717) is 19.8 Å². The molecule has 1 heterocycles. The number of ketones is 1. The molecule has 19 heavy (non-hydrogen) atoms. The molecular formula is C16H23NO2. The molecule has 0 aliphatic carbocycles. The van der Waals surface area contributed by atoms with Crippen molar-refractivity contribution in [1.29, 1.82) is 0 Å². The number of carbonyl (C=O) groups excluding carboxylic acids is 1. The van der Waals surface area contributed by atoms with Gasteiger partial charge >= 0.3 is 0 Å². The third-order valence-electron chi connectivity index (χ3n) is 3.98. The van der Waals surface area contributed by atoms with Crippen LogP contribution in [-0.2, 0) is 4.74 Å². The lowest BCUT2D eigenvalue weighted by Gasteiger charge is -2.41. The molecule has 3 nitrogen and oxygen atoms in total. The fourth-order valence-corrected chi connectivity index (χ4v) is 2.36. The van der Waals surface area contributed by atoms with Crippen LogP contribution in [0.25, 0.3) is 0 Å². The molecule has 0 amide bonds. The summed E-state index contributed by atoms with van der Waals surface area (Å²) in [6.07, 6.45) is 0. The molecule has 1 saturated heterocycles. The first-order valence-corrected chi connectivity index (χ1v) is 6.83. The number of carbonyl (C=O) groups is 1. The molecule has 0 atom stereocenters. The molecule has 0 saturated carbocycles. The van der Waals surface area contributed by atoms with Gasteiger partial charge in [-0.2, -0.15) is 0 Å². The normalized spacial score (nSPS) is 19.4. The summed E-state index contributed by atoms with van der Waals surface area (Å²) in [4.78, 5) is 14.6. The lowest BCUT2D eigenvalue weighted by Crippen LogP contribution is -2.54. The van der Waals surface area contributed by atoms with Crippen molar-refractivity contribution < 1.29 is 9.53 Å². The topological polar surface area (TPSA) is 29.5 Å². The predicted octanol–water partition coefficient (Wildman–Crippen LogP) is 2.60. The van der Waals surface area contributed by atoms with E-state index in [1.807, 2.05) is 25.1 Å². The van der Waals surface area contributed by atoms with Gasteiger partial charge in [0, 0.05) is 17.6 Å². The van der Waals surface area contributed by atoms with Crippen LogP contribution < -0.4 is 0 Å². The van der Waals surface area contributed by atoms with Crippen LogP contribution in [0.15, 0.2) is 18.2 Å². The van der Waals surface area contributed by atoms with Crippen LogP contribution >= 0.6 is 0 Å². The minimum atomic E-state index is -0.0619. The van der Waals surface area contributed by atoms with Gasteiger partial charge in [0.2, 0.25) is 0 Å². The summed E-state index contributed by atoms with van der Waals surface area (Å²) >= 11 is 0. The SMILES string of the molecule is Cc1ccc(C(=O)CN2CCOCC2(C)C)cc1C. The Labute approximate surface area is 115 Å². The van der Waals surface area contributed by atoms with Crippen LogP contribution in [0.4, 0.5) is 0 Å². The Balaban J connectivity index is 2.10. The molecule has 3 heteroatoms. The van der Waals surface area contributed by atoms with Crippen LogP contribution in [-0.4, -0.2) is 42.5 Å². The highest BCUT2D eigenvalue weighted by molar-refractivity contribution is 5.97. The Morgan fingerprint density at radius 3 is 2.68 bits per heavy atom. The smallest absolute Gasteiger partial charge is 0.176 e. The third kappa shape index (κ3) is 3.23. The van der Waals surface area contributed by atoms with Gasteiger partial charge in [-0.1, -0.05) is 12.1 Å². The highest BCUT2D eigenvalue weighted by Gasteiger charge is 2.31. The van der Waals surface area contributed by atoms with E-state index in [0.717, 1.165) is 12.1 Å². The summed E-state index contributed by atoms with van der Waals surface area (Å²) in [5, 5.41) is 0. The van der Waals surface area contributed by atoms with Crippen molar-refractivity contribution in [2.24, 2.45) is 0 Å². The molecular weight excluding hydrogens is 238 g/mol. The zero-order chi connectivity index (χ0) is 14.0. The second-order valence-electron chi connectivity index (χ2n) is 6.01. The number of morpholine rings is 1. The Bertz CT molecular complexity index is 480. The van der Waals surface area contributed by atoms with Gasteiger partial charge in [-0.05, 0) is 44.9 Å². The molecule has 1 aliphatic heterocycles. The molecule has 0 bridgehead atoms. The first-order chi connectivity index (χ1) is 8.90. The average molecular weight is 261 g/mol. The van der Waals surface area contributed by atoms with Gasteiger partial charge in [0.1, 0.15) is 0 Å². The summed E-state index contributed by atoms with van der Waals surface area (Å²) in [6, 6.07) is 5.94. The Morgan fingerprint density at radius 1 is 1.32 bits per heavy atom. The molecule has 0 spiro atoms. The van der Waals surface area contributed by atoms with E-state index in [4.69, 9.17) is 4.74 Å². The number of nitrogens with zero attached hydrogens (tertiary/aromatic N) is 1. The van der Waals surface area contributed by atoms with Gasteiger partial charge in [0.15, 0.2) is 5.78 Å². The summed E-state index contributed by atoms with van der Waals surface area (Å²) in [5.74, 6) is 0.193. The summed E-state index contributed by atoms with van der Waals surface area (Å²) in [6.45, 7) is 11.1. The van der Waals surface area contributed by atoms with Gasteiger partial charge in [-0.15, -0.1) is 0 Å². The standard InChI is InChI=1S/C16H23NO2/c1-12-5-6-14(9-13(12)2)15(18)10-17-7-8-19-11-16(17,3)4/h5-6,9H,7-8,10-11H2,1-4H3. The van der Waals surface area contributed by atoms with Crippen molar-refractivity contribution in [3.05, 3.63) is 34.9 Å². The van der Waals surface area contributed by atoms with Gasteiger partial charge in [-0.25, -0.2) is 0 Å². The number of hydrogen-bond donors (Lipinski definition) is 0. The molecule has 2 rings (SSSR count). The minimum absolute atomic E-state index is 0.0619. The number of ether oxygens (including phenoxy) is 1. The quantitative estimate of drug-likeness (QED) is 0.783. The monoisotopic (exact) mass is 261 g/mol. The number of aryl methyl sites for hydroxylation is 2. The lowest BCUT2D eigenvalue weighted by atomic mass is 9.99. The maximum Gasteiger partial charge on any atom is 0.176 e. The highest BCUT2D eigenvalue weighted by atomic mass is 16.5. The molecule has 1 fully saturated rings. The lowest BCUT2D eigenvalue weighted by molar-refractivity contribution is -0.0467. The van der Waals surface area contributed by atoms with Crippen molar-refractivity contribution >= 4 is 5.78 Å². The first-order valence-electron chi connectivity index (χ1n) is 6.83. The van der Waals surface area contributed by atoms with E-state index in [1.165, 1.54) is 11.1 Å². The summed E-state index contributed by atoms with van der Waals surface area (Å²) in [7, 11) is 0. The maximum absolute atomic E-state index is 12.4. The first kappa shape index (κ1) is 14.2. The van der Waals surface area contributed by atoms with Gasteiger partial charge in [-0.3, -0.25) is 9.69 Å². The number of Topliss-reactive ketones (excluding diaryl/α,β-unsaturated/α-hetero) is 1. The summed E-state index contributed by atoms with van der Waals surface area (Å²) in [5.41, 5.74) is 3.15. The molecule has 0 N–H and O–H groups in total. The van der Waals surface area contributed by atoms with E-state index in [1.54, 1.807) is 0 Å². The predicted molar refractivity (Wildman–Crippen MR) is 76.7 cm³/mol. The van der Waals surface area contributed by atoms with Crippen molar-refractivity contribution in [2.75, 3.05) is 26.3 Å². The molecule has 1 aromatic carbocycles. The van der Waals surface area contributed by atoms with Crippen molar-refractivity contribution in [1.82, 2.24) is 4.90 Å². The number of hydrogen-bond acceptors (Lipinski definition) is 3. The van der Waals surface area contributed by atoms with Crippen molar-refractivity contribution in [3.63, 3.8) is 0 Å². The van der Waals surface area contributed by atoms with E-state index in [-0.39, 0.29) is 11.3 Å². The molecule has 1 aliphatic rings. The largest absolute Gasteiger partial charge is 0.378 e. The maximum atomic E-state index is 12.4. The minimum Gasteiger partial charge on any atom is -0.378 e. The molecule has 0 aromatic heterocycles. The van der Waals surface area contributed by atoms with Gasteiger partial charge in [0.05, 0.1) is 19.8 Å². The van der Waals surface area contributed by atoms with Crippen LogP contribution in [0.2, 0.25) is 0 Å². The van der Waals surface area contributed by atoms with Crippen LogP contribution in [0.1, 0.15) is 35.3 Å². The van der Waals surface area contributed by atoms with E-state index >= 15 is 0 Å². The number of benzene rings is 1. The van der Waals surface area contributed by atoms with Crippen LogP contribution in [0.5, 0.6) is 0 Å². The van der Waals surface area contributed by atoms with Gasteiger partial charge in [0.25, 0.3) is 0 Å². The molecule has 1 aromatic rings.